The van der Waals surface area contributed by atoms with E-state index in [2.05, 4.69) is 6.58 Å². The standard InChI is InChI=1S/C32H42O10/c1-9-16(2)28(37)41-24-25(36)29(4,5)20(12-21(33)38-8)31(7)19-13-30(6)26(18-10-11-39-15-18)40-22(34)14-32(30,42-27(24)31)17(3)23(19)35/h10-11,15-16,19-20,24-27,36H,3,9,12-14H2,1-2,4-8H3. The number of methoxy groups -OCH3 is 1. The zero-order chi connectivity index (χ0) is 31.0. The molecule has 1 spiro atoms. The molecule has 2 bridgehead atoms. The molecule has 3 saturated heterocycles. The van der Waals surface area contributed by atoms with Gasteiger partial charge >= 0.3 is 17.9 Å². The molecule has 1 aromatic heterocycles. The number of cyclic esters (lactones) is 1. The van der Waals surface area contributed by atoms with Crippen molar-refractivity contribution in [1.29, 1.82) is 0 Å². The average molecular weight is 587 g/mol. The minimum absolute atomic E-state index is 0.108. The number of Topliss-reactive ketones (excluding diaryl/α,β-unsaturated/α-hetero) is 1. The van der Waals surface area contributed by atoms with Gasteiger partial charge in [0.15, 0.2) is 11.9 Å². The third-order valence-electron chi connectivity index (χ3n) is 11.3. The van der Waals surface area contributed by atoms with E-state index in [1.807, 2.05) is 20.8 Å². The van der Waals surface area contributed by atoms with Crippen LogP contribution in [0, 0.1) is 34.0 Å². The van der Waals surface area contributed by atoms with E-state index in [4.69, 9.17) is 23.4 Å². The number of ketones is 1. The van der Waals surface area contributed by atoms with E-state index in [0.29, 0.717) is 12.0 Å². The Morgan fingerprint density at radius 3 is 2.50 bits per heavy atom. The molecule has 1 aromatic rings. The Bertz CT molecular complexity index is 1300. The Labute approximate surface area is 246 Å². The Hall–Kier alpha value is -2.98. The molecule has 3 aliphatic heterocycles. The summed E-state index contributed by atoms with van der Waals surface area (Å²) in [6.45, 7) is 15.2. The van der Waals surface area contributed by atoms with Crippen LogP contribution in [0.1, 0.15) is 78.9 Å². The number of aliphatic hydroxyl groups is 1. The SMILES string of the molecule is C=C1C(=O)C2CC3(C)C(c4ccoc4)OC(=O)CC13OC1C(OC(=O)C(C)CC)C(O)C(C)(C)C(CC(=O)OC)C21C. The van der Waals surface area contributed by atoms with Gasteiger partial charge in [-0.1, -0.05) is 48.1 Å². The van der Waals surface area contributed by atoms with Crippen LogP contribution in [0.5, 0.6) is 0 Å². The molecular formula is C32H42O10. The summed E-state index contributed by atoms with van der Waals surface area (Å²) in [5.41, 5.74) is -3.94. The quantitative estimate of drug-likeness (QED) is 0.294. The van der Waals surface area contributed by atoms with Crippen molar-refractivity contribution in [1.82, 2.24) is 0 Å². The largest absolute Gasteiger partial charge is 0.472 e. The molecule has 4 heterocycles. The van der Waals surface area contributed by atoms with Gasteiger partial charge in [-0.15, -0.1) is 0 Å². The van der Waals surface area contributed by atoms with Crippen molar-refractivity contribution >= 4 is 23.7 Å². The molecule has 10 heteroatoms. The number of rotatable bonds is 6. The number of fused-ring (bicyclic) bond motifs is 1. The first-order valence-electron chi connectivity index (χ1n) is 14.7. The molecular weight excluding hydrogens is 544 g/mol. The zero-order valence-electron chi connectivity index (χ0n) is 25.4. The van der Waals surface area contributed by atoms with Gasteiger partial charge in [-0.05, 0) is 30.2 Å². The van der Waals surface area contributed by atoms with Gasteiger partial charge in [0.25, 0.3) is 0 Å². The molecule has 42 heavy (non-hydrogen) atoms. The van der Waals surface area contributed by atoms with Gasteiger partial charge in [-0.25, -0.2) is 0 Å². The molecule has 2 saturated carbocycles. The third-order valence-corrected chi connectivity index (χ3v) is 11.3. The summed E-state index contributed by atoms with van der Waals surface area (Å²) in [4.78, 5) is 53.8. The molecule has 230 valence electrons. The molecule has 10 unspecified atom stereocenters. The van der Waals surface area contributed by atoms with Crippen molar-refractivity contribution in [2.75, 3.05) is 7.11 Å². The van der Waals surface area contributed by atoms with E-state index in [9.17, 15) is 24.3 Å². The Morgan fingerprint density at radius 2 is 1.90 bits per heavy atom. The van der Waals surface area contributed by atoms with Crippen LogP contribution in [0.4, 0.5) is 0 Å². The predicted molar refractivity (Wildman–Crippen MR) is 147 cm³/mol. The summed E-state index contributed by atoms with van der Waals surface area (Å²) in [5, 5.41) is 11.9. The highest BCUT2D eigenvalue weighted by atomic mass is 16.6. The van der Waals surface area contributed by atoms with Crippen molar-refractivity contribution in [3.05, 3.63) is 36.3 Å². The van der Waals surface area contributed by atoms with Gasteiger partial charge < -0.3 is 28.5 Å². The molecule has 10 atom stereocenters. The summed E-state index contributed by atoms with van der Waals surface area (Å²) in [6, 6.07) is 1.71. The highest BCUT2D eigenvalue weighted by Crippen LogP contribution is 2.71. The molecule has 5 fully saturated rings. The minimum atomic E-state index is -1.53. The number of carbonyl (C=O) groups excluding carboxylic acids is 4. The van der Waals surface area contributed by atoms with Crippen molar-refractivity contribution in [2.24, 2.45) is 34.0 Å². The number of hydrogen-bond acceptors (Lipinski definition) is 10. The minimum Gasteiger partial charge on any atom is -0.472 e. The second kappa shape index (κ2) is 10.0. The number of aliphatic hydroxyl groups excluding tert-OH is 1. The summed E-state index contributed by atoms with van der Waals surface area (Å²) >= 11 is 0. The second-order valence-electron chi connectivity index (χ2n) is 13.7. The number of furan rings is 1. The summed E-state index contributed by atoms with van der Waals surface area (Å²) < 4.78 is 29.5. The van der Waals surface area contributed by atoms with Crippen LogP contribution >= 0.6 is 0 Å². The number of ether oxygens (including phenoxy) is 4. The highest BCUT2D eigenvalue weighted by molar-refractivity contribution is 6.02. The van der Waals surface area contributed by atoms with Crippen LogP contribution in [-0.4, -0.2) is 59.8 Å². The second-order valence-corrected chi connectivity index (χ2v) is 13.7. The molecule has 6 rings (SSSR count). The maximum absolute atomic E-state index is 14.4. The van der Waals surface area contributed by atoms with E-state index in [0.717, 1.165) is 0 Å². The molecule has 0 aromatic carbocycles. The fraction of sp³-hybridized carbons (Fsp3) is 0.688. The fourth-order valence-electron chi connectivity index (χ4n) is 8.46. The zero-order valence-corrected chi connectivity index (χ0v) is 25.4. The Morgan fingerprint density at radius 1 is 1.21 bits per heavy atom. The average Bonchev–Trinajstić information content (AvgIpc) is 3.44. The van der Waals surface area contributed by atoms with Gasteiger partial charge in [0.2, 0.25) is 0 Å². The van der Waals surface area contributed by atoms with Crippen LogP contribution in [0.15, 0.2) is 35.2 Å². The lowest BCUT2D eigenvalue weighted by molar-refractivity contribution is -0.281. The van der Waals surface area contributed by atoms with Crippen molar-refractivity contribution in [3.8, 4) is 0 Å². The van der Waals surface area contributed by atoms with E-state index in [1.165, 1.54) is 19.6 Å². The van der Waals surface area contributed by atoms with Crippen LogP contribution < -0.4 is 0 Å². The maximum atomic E-state index is 14.4. The van der Waals surface area contributed by atoms with Crippen LogP contribution in [0.2, 0.25) is 0 Å². The normalized spacial score (nSPS) is 41.2. The van der Waals surface area contributed by atoms with E-state index in [-0.39, 0.29) is 30.6 Å². The smallest absolute Gasteiger partial charge is 0.309 e. The first-order chi connectivity index (χ1) is 19.6. The van der Waals surface area contributed by atoms with E-state index >= 15 is 0 Å². The highest BCUT2D eigenvalue weighted by Gasteiger charge is 2.77. The fourth-order valence-corrected chi connectivity index (χ4v) is 8.46. The topological polar surface area (TPSA) is 139 Å². The molecule has 5 aliphatic rings. The molecule has 0 amide bonds. The lowest BCUT2D eigenvalue weighted by Gasteiger charge is -2.60. The van der Waals surface area contributed by atoms with Gasteiger partial charge in [0.1, 0.15) is 17.8 Å². The maximum Gasteiger partial charge on any atom is 0.309 e. The van der Waals surface area contributed by atoms with Crippen LogP contribution in [0.25, 0.3) is 0 Å². The molecule has 10 nitrogen and oxygen atoms in total. The van der Waals surface area contributed by atoms with E-state index in [1.54, 1.807) is 26.8 Å². The van der Waals surface area contributed by atoms with Crippen LogP contribution in [0.3, 0.4) is 0 Å². The van der Waals surface area contributed by atoms with Crippen molar-refractivity contribution < 1.29 is 47.6 Å². The first kappa shape index (κ1) is 30.5. The Kier molecular flexibility index (Phi) is 7.29. The number of hydrogen-bond donors (Lipinski definition) is 1. The summed E-state index contributed by atoms with van der Waals surface area (Å²) in [7, 11) is 1.29. The molecule has 0 radical (unpaired) electrons. The molecule has 2 aliphatic carbocycles. The van der Waals surface area contributed by atoms with Crippen LogP contribution in [-0.2, 0) is 38.1 Å². The van der Waals surface area contributed by atoms with Gasteiger partial charge in [0.05, 0.1) is 38.1 Å². The third kappa shape index (κ3) is 3.97. The summed E-state index contributed by atoms with van der Waals surface area (Å²) in [5.74, 6) is -3.71. The van der Waals surface area contributed by atoms with Crippen molar-refractivity contribution in [2.45, 2.75) is 97.2 Å². The number of esters is 3. The van der Waals surface area contributed by atoms with Gasteiger partial charge in [0, 0.05) is 34.3 Å². The van der Waals surface area contributed by atoms with Gasteiger partial charge in [-0.2, -0.15) is 0 Å². The van der Waals surface area contributed by atoms with E-state index < -0.39 is 81.9 Å². The Balaban J connectivity index is 1.76. The number of carbonyl (C=O) groups is 4. The monoisotopic (exact) mass is 586 g/mol. The molecule has 1 N–H and O–H groups in total. The van der Waals surface area contributed by atoms with Gasteiger partial charge in [-0.3, -0.25) is 19.2 Å². The lowest BCUT2D eigenvalue weighted by Crippen LogP contribution is -2.68. The van der Waals surface area contributed by atoms with Crippen molar-refractivity contribution in [3.63, 3.8) is 0 Å². The lowest BCUT2D eigenvalue weighted by atomic mass is 9.44. The first-order valence-corrected chi connectivity index (χ1v) is 14.7. The summed E-state index contributed by atoms with van der Waals surface area (Å²) in [6.07, 6.45) is -0.981. The predicted octanol–water partition coefficient (Wildman–Crippen LogP) is 4.10.